The van der Waals surface area contributed by atoms with Crippen molar-refractivity contribution in [2.75, 3.05) is 0 Å². The topological polar surface area (TPSA) is 159 Å². The van der Waals surface area contributed by atoms with Crippen LogP contribution in [0.5, 0.6) is 0 Å². The van der Waals surface area contributed by atoms with Crippen molar-refractivity contribution < 1.29 is 35.9 Å². The Morgan fingerprint density at radius 2 is 1.10 bits per heavy atom. The zero-order chi connectivity index (χ0) is 41.1. The average Bonchev–Trinajstić information content (AvgIpc) is 4.01. The lowest BCUT2D eigenvalue weighted by molar-refractivity contribution is -0.138. The molecule has 0 saturated heterocycles. The second-order valence-electron chi connectivity index (χ2n) is 13.1. The van der Waals surface area contributed by atoms with Crippen LogP contribution in [0.25, 0.3) is 44.3 Å². The molecule has 8 rings (SSSR count). The Bertz CT molecular complexity index is 2680. The van der Waals surface area contributed by atoms with E-state index in [2.05, 4.69) is 46.6 Å². The molecule has 290 valence electrons. The minimum atomic E-state index is -4.43. The number of carbonyl (C=O) groups is 2. The largest absolute Gasteiger partial charge is 0.416 e. The van der Waals surface area contributed by atoms with Crippen molar-refractivity contribution >= 4 is 33.9 Å². The summed E-state index contributed by atoms with van der Waals surface area (Å²) >= 11 is 0. The van der Waals surface area contributed by atoms with Crippen LogP contribution in [0.3, 0.4) is 0 Å². The zero-order valence-electron chi connectivity index (χ0n) is 29.8. The van der Waals surface area contributed by atoms with Crippen molar-refractivity contribution in [2.45, 2.75) is 37.3 Å². The predicted molar refractivity (Wildman–Crippen MR) is 198 cm³/mol. The highest BCUT2D eigenvalue weighted by atomic mass is 19.4. The van der Waals surface area contributed by atoms with Gasteiger partial charge in [-0.2, -0.15) is 31.6 Å². The molecule has 11 nitrogen and oxygen atoms in total. The van der Waals surface area contributed by atoms with Crippen LogP contribution >= 0.6 is 0 Å². The lowest BCUT2D eigenvalue weighted by Crippen LogP contribution is -2.36. The summed E-state index contributed by atoms with van der Waals surface area (Å²) in [7, 11) is 0. The maximum absolute atomic E-state index is 12.8. The Morgan fingerprint density at radius 3 is 1.53 bits per heavy atom. The third-order valence-corrected chi connectivity index (χ3v) is 9.04. The Labute approximate surface area is 324 Å². The molecule has 0 radical (unpaired) electrons. The number of benzene rings is 3. The van der Waals surface area contributed by atoms with Crippen LogP contribution < -0.4 is 10.6 Å². The van der Waals surface area contributed by atoms with Crippen molar-refractivity contribution in [3.8, 4) is 28.3 Å². The number of pyridine rings is 2. The lowest BCUT2D eigenvalue weighted by Gasteiger charge is -2.11. The van der Waals surface area contributed by atoms with Crippen LogP contribution in [0.4, 0.5) is 26.3 Å². The third-order valence-electron chi connectivity index (χ3n) is 9.04. The van der Waals surface area contributed by atoms with E-state index < -0.39 is 40.8 Å². The number of hydrogen-bond acceptors (Lipinski definition) is 9. The molecule has 4 heterocycles. The third kappa shape index (κ3) is 8.70. The van der Waals surface area contributed by atoms with Gasteiger partial charge in [-0.25, -0.2) is 9.97 Å². The number of nitrogens with one attached hydrogen (secondary N) is 2. The van der Waals surface area contributed by atoms with Gasteiger partial charge in [0.05, 0.1) is 42.0 Å². The highest BCUT2D eigenvalue weighted by molar-refractivity contribution is 5.98. The van der Waals surface area contributed by atoms with Gasteiger partial charge in [0.1, 0.15) is 39.0 Å². The average molecular weight is 792 g/mol. The number of nitriles is 1. The minimum Gasteiger partial charge on any atom is -0.347 e. The lowest BCUT2D eigenvalue weighted by atomic mass is 10.0. The normalized spacial score (nSPS) is 13.2. The molecule has 17 heteroatoms. The van der Waals surface area contributed by atoms with E-state index in [0.717, 1.165) is 29.8 Å². The van der Waals surface area contributed by atoms with E-state index in [1.165, 1.54) is 61.4 Å². The summed E-state index contributed by atoms with van der Waals surface area (Å²) < 4.78 is 76.9. The maximum atomic E-state index is 12.8. The van der Waals surface area contributed by atoms with E-state index in [4.69, 9.17) is 5.26 Å². The van der Waals surface area contributed by atoms with Crippen molar-refractivity contribution in [2.24, 2.45) is 0 Å². The quantitative estimate of drug-likeness (QED) is 0.152. The first-order valence-electron chi connectivity index (χ1n) is 17.4. The van der Waals surface area contributed by atoms with E-state index in [1.54, 1.807) is 0 Å². The minimum absolute atomic E-state index is 0.0217. The number of hydrogen-bond donors (Lipinski definition) is 2. The molecule has 7 aromatic rings. The number of alkyl halides is 6. The monoisotopic (exact) mass is 791 g/mol. The van der Waals surface area contributed by atoms with Crippen molar-refractivity contribution in [3.05, 3.63) is 144 Å². The molecular weight excluding hydrogens is 764 g/mol. The molecule has 2 amide bonds. The van der Waals surface area contributed by atoms with E-state index in [9.17, 15) is 35.9 Å². The zero-order valence-corrected chi connectivity index (χ0v) is 29.8. The van der Waals surface area contributed by atoms with Crippen LogP contribution in [0.2, 0.25) is 0 Å². The molecule has 2 N–H and O–H groups in total. The molecule has 1 fully saturated rings. The highest BCUT2D eigenvalue weighted by Crippen LogP contribution is 2.36. The summed E-state index contributed by atoms with van der Waals surface area (Å²) in [5, 5.41) is 14.5. The van der Waals surface area contributed by atoms with Crippen molar-refractivity contribution in [1.82, 2.24) is 40.5 Å². The first-order valence-corrected chi connectivity index (χ1v) is 17.4. The van der Waals surface area contributed by atoms with E-state index in [-0.39, 0.29) is 11.4 Å². The number of carbonyl (C=O) groups excluding carboxylic acids is 2. The molecule has 4 aromatic heterocycles. The van der Waals surface area contributed by atoms with Crippen LogP contribution in [0.15, 0.2) is 116 Å². The molecule has 3 aromatic carbocycles. The van der Waals surface area contributed by atoms with Gasteiger partial charge in [0.25, 0.3) is 11.8 Å². The SMILES string of the molecule is N#CC1(NC(=O)c2cnc3cncc(-c4ccc(C(F)(F)F)cc4)c3n2)CC1.O=C(NCc1ccccc1)c1cnc2cncc(-c3ccc(C(F)(F)F)cc3)c2n1. The first kappa shape index (κ1) is 38.9. The summed E-state index contributed by atoms with van der Waals surface area (Å²) in [5.74, 6) is -0.924. The molecule has 1 saturated carbocycles. The Morgan fingerprint density at radius 1 is 0.638 bits per heavy atom. The van der Waals surface area contributed by atoms with Gasteiger partial charge in [-0.15, -0.1) is 0 Å². The smallest absolute Gasteiger partial charge is 0.347 e. The fourth-order valence-corrected chi connectivity index (χ4v) is 5.73. The summed E-state index contributed by atoms with van der Waals surface area (Å²) in [5.41, 5.74) is 2.19. The summed E-state index contributed by atoms with van der Waals surface area (Å²) in [4.78, 5) is 50.2. The van der Waals surface area contributed by atoms with Gasteiger partial charge in [-0.1, -0.05) is 54.6 Å². The summed E-state index contributed by atoms with van der Waals surface area (Å²) in [6, 6.07) is 20.8. The fourth-order valence-electron chi connectivity index (χ4n) is 5.73. The van der Waals surface area contributed by atoms with Crippen LogP contribution in [0.1, 0.15) is 50.5 Å². The maximum Gasteiger partial charge on any atom is 0.416 e. The molecule has 0 atom stereocenters. The molecule has 1 aliphatic rings. The second-order valence-corrected chi connectivity index (χ2v) is 13.1. The van der Waals surface area contributed by atoms with E-state index in [1.807, 2.05) is 30.3 Å². The van der Waals surface area contributed by atoms with Gasteiger partial charge in [-0.05, 0) is 53.8 Å². The van der Waals surface area contributed by atoms with Gasteiger partial charge in [0.2, 0.25) is 0 Å². The number of aromatic nitrogens is 6. The molecule has 1 aliphatic carbocycles. The Hall–Kier alpha value is -7.35. The number of halogens is 6. The molecule has 58 heavy (non-hydrogen) atoms. The molecule has 0 aliphatic heterocycles. The van der Waals surface area contributed by atoms with Gasteiger partial charge in [-0.3, -0.25) is 29.5 Å². The van der Waals surface area contributed by atoms with E-state index >= 15 is 0 Å². The van der Waals surface area contributed by atoms with Gasteiger partial charge in [0, 0.05) is 30.1 Å². The number of rotatable bonds is 7. The number of nitrogens with zero attached hydrogens (tertiary/aromatic N) is 7. The van der Waals surface area contributed by atoms with Crippen LogP contribution in [-0.4, -0.2) is 47.3 Å². The second kappa shape index (κ2) is 15.7. The van der Waals surface area contributed by atoms with Crippen molar-refractivity contribution in [3.63, 3.8) is 0 Å². The highest BCUT2D eigenvalue weighted by Gasteiger charge is 2.45. The summed E-state index contributed by atoms with van der Waals surface area (Å²) in [6.45, 7) is 0.335. The standard InChI is InChI=1S/C22H15F3N4O.C19H12F3N5O/c23-22(24,25)16-8-6-15(7-9-16)17-11-26-12-18-20(17)29-19(13-27-18)21(30)28-10-14-4-2-1-3-5-14;20-19(21,22)12-3-1-11(2-4-12)13-7-24-8-14-16(13)26-15(9-25-14)17(28)27-18(10-23)5-6-18/h1-9,11-13H,10H2,(H,28,30);1-4,7-9H,5-6H2,(H,27,28). The molecule has 0 bridgehead atoms. The molecule has 0 spiro atoms. The van der Waals surface area contributed by atoms with Gasteiger partial charge in [0.15, 0.2) is 0 Å². The fraction of sp³-hybridized carbons (Fsp3) is 0.146. The molecular formula is C41H27F6N9O2. The van der Waals surface area contributed by atoms with Gasteiger partial charge < -0.3 is 10.6 Å². The Balaban J connectivity index is 0.000000177. The Kier molecular flexibility index (Phi) is 10.5. The van der Waals surface area contributed by atoms with E-state index in [0.29, 0.717) is 63.7 Å². The summed E-state index contributed by atoms with van der Waals surface area (Å²) in [6.07, 6.45) is 0.832. The number of fused-ring (bicyclic) bond motifs is 2. The number of amides is 2. The van der Waals surface area contributed by atoms with Crippen LogP contribution in [0, 0.1) is 11.3 Å². The molecule has 0 unspecified atom stereocenters. The predicted octanol–water partition coefficient (Wildman–Crippen LogP) is 8.14. The van der Waals surface area contributed by atoms with Crippen molar-refractivity contribution in [1.29, 1.82) is 5.26 Å². The van der Waals surface area contributed by atoms with Gasteiger partial charge >= 0.3 is 12.4 Å². The van der Waals surface area contributed by atoms with Crippen LogP contribution in [-0.2, 0) is 18.9 Å². The first-order chi connectivity index (χ1) is 27.7.